The fourth-order valence-electron chi connectivity index (χ4n) is 4.41. The van der Waals surface area contributed by atoms with Gasteiger partial charge in [-0.25, -0.2) is 4.39 Å². The summed E-state index contributed by atoms with van der Waals surface area (Å²) in [6.07, 6.45) is 1.99. The summed E-state index contributed by atoms with van der Waals surface area (Å²) in [5.74, 6) is 0.119. The van der Waals surface area contributed by atoms with Gasteiger partial charge in [0.05, 0.1) is 32.9 Å². The number of rotatable bonds is 12. The maximum atomic E-state index is 13.9. The van der Waals surface area contributed by atoms with Gasteiger partial charge < -0.3 is 19.7 Å². The summed E-state index contributed by atoms with van der Waals surface area (Å²) in [5.41, 5.74) is 3.02. The van der Waals surface area contributed by atoms with E-state index in [4.69, 9.17) is 9.47 Å². The van der Waals surface area contributed by atoms with Crippen LogP contribution in [0.4, 0.5) is 4.39 Å². The number of ether oxygens (including phenoxy) is 2. The van der Waals surface area contributed by atoms with E-state index in [9.17, 15) is 14.0 Å². The van der Waals surface area contributed by atoms with E-state index >= 15 is 0 Å². The Balaban J connectivity index is 1.66. The topological polar surface area (TPSA) is 80.8 Å². The molecule has 206 valence electrons. The molecule has 0 saturated carbocycles. The molecule has 1 heterocycles. The molecule has 4 rings (SSSR count). The molecule has 0 radical (unpaired) electrons. The number of amides is 2. The van der Waals surface area contributed by atoms with Crippen LogP contribution in [-0.2, 0) is 35.5 Å². The van der Waals surface area contributed by atoms with Gasteiger partial charge in [-0.2, -0.15) is 0 Å². The van der Waals surface area contributed by atoms with Gasteiger partial charge in [0.2, 0.25) is 11.8 Å². The van der Waals surface area contributed by atoms with Gasteiger partial charge in [-0.1, -0.05) is 54.6 Å². The number of carbonyl (C=O) groups is 2. The van der Waals surface area contributed by atoms with Crippen molar-refractivity contribution >= 4 is 11.8 Å². The lowest BCUT2D eigenvalue weighted by atomic mass is 10.0. The third-order valence-corrected chi connectivity index (χ3v) is 6.51. The average Bonchev–Trinajstić information content (AvgIpc) is 2.99. The first-order valence-corrected chi connectivity index (χ1v) is 12.9. The molecule has 1 unspecified atom stereocenters. The van der Waals surface area contributed by atoms with Crippen LogP contribution in [0.3, 0.4) is 0 Å². The molecule has 40 heavy (non-hydrogen) atoms. The quantitative estimate of drug-likeness (QED) is 0.280. The lowest BCUT2D eigenvalue weighted by molar-refractivity contribution is -0.140. The molecule has 1 atom stereocenters. The van der Waals surface area contributed by atoms with Gasteiger partial charge in [-0.15, -0.1) is 0 Å². The summed E-state index contributed by atoms with van der Waals surface area (Å²) in [6, 6.07) is 25.4. The molecule has 2 amide bonds. The highest BCUT2D eigenvalue weighted by molar-refractivity contribution is 5.88. The molecule has 8 heteroatoms. The molecule has 1 aromatic heterocycles. The lowest BCUT2D eigenvalue weighted by Crippen LogP contribution is -2.50. The highest BCUT2D eigenvalue weighted by atomic mass is 19.1. The van der Waals surface area contributed by atoms with E-state index in [1.54, 1.807) is 54.6 Å². The van der Waals surface area contributed by atoms with Crippen LogP contribution in [0.15, 0.2) is 97.2 Å². The Bertz CT molecular complexity index is 1400. The first-order valence-electron chi connectivity index (χ1n) is 12.9. The Morgan fingerprint density at radius 2 is 1.55 bits per heavy atom. The number of hydrogen-bond acceptors (Lipinski definition) is 5. The zero-order valence-corrected chi connectivity index (χ0v) is 22.5. The van der Waals surface area contributed by atoms with Crippen LogP contribution in [0.25, 0.3) is 0 Å². The fourth-order valence-corrected chi connectivity index (χ4v) is 4.41. The monoisotopic (exact) mass is 541 g/mol. The van der Waals surface area contributed by atoms with Crippen molar-refractivity contribution in [3.63, 3.8) is 0 Å². The van der Waals surface area contributed by atoms with Gasteiger partial charge >= 0.3 is 0 Å². The molecule has 0 aliphatic rings. The summed E-state index contributed by atoms with van der Waals surface area (Å²) in [5, 5.41) is 2.95. The number of hydrogen-bond donors (Lipinski definition) is 1. The Hall–Kier alpha value is -4.72. The van der Waals surface area contributed by atoms with Crippen LogP contribution in [-0.4, -0.2) is 42.0 Å². The number of methoxy groups -OCH3 is 2. The average molecular weight is 542 g/mol. The summed E-state index contributed by atoms with van der Waals surface area (Å²) in [6.45, 7) is 0.347. The van der Waals surface area contributed by atoms with E-state index in [1.807, 2.05) is 42.5 Å². The zero-order chi connectivity index (χ0) is 28.3. The molecular weight excluding hydrogens is 509 g/mol. The van der Waals surface area contributed by atoms with E-state index in [0.29, 0.717) is 34.7 Å². The Kier molecular flexibility index (Phi) is 9.83. The summed E-state index contributed by atoms with van der Waals surface area (Å²) in [4.78, 5) is 33.5. The van der Waals surface area contributed by atoms with Crippen molar-refractivity contribution in [3.05, 3.63) is 125 Å². The molecule has 0 aliphatic carbocycles. The van der Waals surface area contributed by atoms with Crippen molar-refractivity contribution in [1.82, 2.24) is 15.2 Å². The van der Waals surface area contributed by atoms with E-state index in [1.165, 1.54) is 19.2 Å². The van der Waals surface area contributed by atoms with Crippen molar-refractivity contribution in [3.8, 4) is 11.5 Å². The summed E-state index contributed by atoms with van der Waals surface area (Å²) >= 11 is 0. The molecule has 4 aromatic rings. The van der Waals surface area contributed by atoms with Crippen LogP contribution >= 0.6 is 0 Å². The number of nitrogens with one attached hydrogen (secondary N) is 1. The van der Waals surface area contributed by atoms with Crippen LogP contribution in [0, 0.1) is 5.82 Å². The third-order valence-electron chi connectivity index (χ3n) is 6.51. The van der Waals surface area contributed by atoms with Gasteiger partial charge in [0.15, 0.2) is 11.5 Å². The second-order valence-corrected chi connectivity index (χ2v) is 9.26. The van der Waals surface area contributed by atoms with Crippen molar-refractivity contribution in [2.24, 2.45) is 0 Å². The standard InChI is InChI=1S/C32H32FN3O4/c1-39-29-16-13-25(19-30(29)40-2)20-31(37)36(22-24-11-14-26(33)15-12-24)28(18-23-8-4-3-5-9-23)32(38)35-21-27-10-6-7-17-34-27/h3-17,19,28H,18,20-22H2,1-2H3,(H,35,38). The number of halogens is 1. The van der Waals surface area contributed by atoms with E-state index in [-0.39, 0.29) is 37.1 Å². The minimum Gasteiger partial charge on any atom is -0.493 e. The second kappa shape index (κ2) is 13.9. The Morgan fingerprint density at radius 3 is 2.23 bits per heavy atom. The van der Waals surface area contributed by atoms with Crippen molar-refractivity contribution in [1.29, 1.82) is 0 Å². The predicted molar refractivity (Wildman–Crippen MR) is 150 cm³/mol. The molecule has 1 N–H and O–H groups in total. The van der Waals surface area contributed by atoms with Gasteiger partial charge in [-0.3, -0.25) is 14.6 Å². The number of carbonyl (C=O) groups excluding carboxylic acids is 2. The summed E-state index contributed by atoms with van der Waals surface area (Å²) < 4.78 is 24.4. The van der Waals surface area contributed by atoms with Crippen LogP contribution in [0.1, 0.15) is 22.4 Å². The van der Waals surface area contributed by atoms with E-state index in [0.717, 1.165) is 5.56 Å². The third kappa shape index (κ3) is 7.66. The Labute approximate surface area is 233 Å². The second-order valence-electron chi connectivity index (χ2n) is 9.26. The smallest absolute Gasteiger partial charge is 0.243 e. The maximum Gasteiger partial charge on any atom is 0.243 e. The highest BCUT2D eigenvalue weighted by Crippen LogP contribution is 2.28. The first kappa shape index (κ1) is 28.3. The van der Waals surface area contributed by atoms with Gasteiger partial charge in [0, 0.05) is 19.2 Å². The van der Waals surface area contributed by atoms with E-state index in [2.05, 4.69) is 10.3 Å². The van der Waals surface area contributed by atoms with Gasteiger partial charge in [-0.05, 0) is 53.1 Å². The largest absolute Gasteiger partial charge is 0.493 e. The minimum absolute atomic E-state index is 0.0281. The van der Waals surface area contributed by atoms with Crippen LogP contribution in [0.2, 0.25) is 0 Å². The maximum absolute atomic E-state index is 13.9. The van der Waals surface area contributed by atoms with Gasteiger partial charge in [0.25, 0.3) is 0 Å². The van der Waals surface area contributed by atoms with E-state index < -0.39 is 6.04 Å². The number of pyridine rings is 1. The normalized spacial score (nSPS) is 11.4. The van der Waals surface area contributed by atoms with Crippen molar-refractivity contribution < 1.29 is 23.5 Å². The summed E-state index contributed by atoms with van der Waals surface area (Å²) in [7, 11) is 3.08. The lowest BCUT2D eigenvalue weighted by Gasteiger charge is -2.31. The van der Waals surface area contributed by atoms with Crippen molar-refractivity contribution in [2.75, 3.05) is 14.2 Å². The van der Waals surface area contributed by atoms with Crippen LogP contribution in [0.5, 0.6) is 11.5 Å². The number of benzene rings is 3. The molecule has 0 fully saturated rings. The zero-order valence-electron chi connectivity index (χ0n) is 22.5. The SMILES string of the molecule is COc1ccc(CC(=O)N(Cc2ccc(F)cc2)C(Cc2ccccc2)C(=O)NCc2ccccn2)cc1OC. The molecule has 7 nitrogen and oxygen atoms in total. The molecular formula is C32H32FN3O4. The molecule has 0 bridgehead atoms. The number of aromatic nitrogens is 1. The van der Waals surface area contributed by atoms with Crippen molar-refractivity contribution in [2.45, 2.75) is 32.0 Å². The number of nitrogens with zero attached hydrogens (tertiary/aromatic N) is 2. The van der Waals surface area contributed by atoms with Crippen LogP contribution < -0.4 is 14.8 Å². The molecule has 0 aliphatic heterocycles. The first-order chi connectivity index (χ1) is 19.5. The predicted octanol–water partition coefficient (Wildman–Crippen LogP) is 4.74. The highest BCUT2D eigenvalue weighted by Gasteiger charge is 2.30. The molecule has 0 saturated heterocycles. The fraction of sp³-hybridized carbons (Fsp3) is 0.219. The molecule has 3 aromatic carbocycles. The minimum atomic E-state index is -0.830. The molecule has 0 spiro atoms. The Morgan fingerprint density at radius 1 is 0.850 bits per heavy atom. The van der Waals surface area contributed by atoms with Gasteiger partial charge in [0.1, 0.15) is 11.9 Å².